The number of aryl methyl sites for hydroxylation is 2. The highest BCUT2D eigenvalue weighted by Crippen LogP contribution is 2.35. The van der Waals surface area contributed by atoms with Gasteiger partial charge in [0.05, 0.1) is 11.3 Å². The predicted molar refractivity (Wildman–Crippen MR) is 74.8 cm³/mol. The SMILES string of the molecule is CSc1nnc(Sc2c(C(=N)N)c(C)nn2C)s1. The standard InChI is InChI=1S/C9H12N6S3/c1-4-5(6(10)11)7(15(2)14-4)17-9-13-12-8(16-3)18-9/h1-3H3,(H3,10,11). The normalized spacial score (nSPS) is 10.8. The Hall–Kier alpha value is -1.06. The quantitative estimate of drug-likeness (QED) is 0.507. The summed E-state index contributed by atoms with van der Waals surface area (Å²) in [4.78, 5) is 0. The average molecular weight is 300 g/mol. The van der Waals surface area contributed by atoms with Crippen molar-refractivity contribution in [3.8, 4) is 0 Å². The summed E-state index contributed by atoms with van der Waals surface area (Å²) in [6.45, 7) is 1.84. The van der Waals surface area contributed by atoms with Gasteiger partial charge in [0.2, 0.25) is 0 Å². The zero-order valence-corrected chi connectivity index (χ0v) is 12.5. The molecular weight excluding hydrogens is 288 g/mol. The highest BCUT2D eigenvalue weighted by molar-refractivity contribution is 8.03. The maximum absolute atomic E-state index is 7.61. The molecule has 0 spiro atoms. The predicted octanol–water partition coefficient (Wildman–Crippen LogP) is 1.74. The molecular formula is C9H12N6S3. The first-order valence-corrected chi connectivity index (χ1v) is 7.82. The number of nitrogen functional groups attached to an aromatic ring is 1. The van der Waals surface area contributed by atoms with Crippen LogP contribution in [0.15, 0.2) is 13.7 Å². The smallest absolute Gasteiger partial charge is 0.181 e. The summed E-state index contributed by atoms with van der Waals surface area (Å²) in [5, 5.41) is 20.8. The van der Waals surface area contributed by atoms with Crippen molar-refractivity contribution in [3.05, 3.63) is 11.3 Å². The first-order chi connectivity index (χ1) is 8.52. The molecule has 9 heteroatoms. The fourth-order valence-corrected chi connectivity index (χ4v) is 4.05. The Bertz CT molecular complexity index is 587. The van der Waals surface area contributed by atoms with E-state index in [1.165, 1.54) is 23.1 Å². The van der Waals surface area contributed by atoms with Crippen LogP contribution in [-0.4, -0.2) is 32.1 Å². The second-order valence-electron chi connectivity index (χ2n) is 3.44. The van der Waals surface area contributed by atoms with E-state index in [2.05, 4.69) is 15.3 Å². The third-order valence-electron chi connectivity index (χ3n) is 2.19. The van der Waals surface area contributed by atoms with Gasteiger partial charge in [-0.15, -0.1) is 10.2 Å². The van der Waals surface area contributed by atoms with E-state index in [4.69, 9.17) is 11.1 Å². The van der Waals surface area contributed by atoms with E-state index in [0.29, 0.717) is 5.56 Å². The molecule has 6 nitrogen and oxygen atoms in total. The lowest BCUT2D eigenvalue weighted by Gasteiger charge is -2.01. The molecule has 96 valence electrons. The van der Waals surface area contributed by atoms with Crippen molar-refractivity contribution in [3.63, 3.8) is 0 Å². The van der Waals surface area contributed by atoms with Crippen molar-refractivity contribution in [1.82, 2.24) is 20.0 Å². The van der Waals surface area contributed by atoms with Crippen LogP contribution < -0.4 is 5.73 Å². The first-order valence-electron chi connectivity index (χ1n) is 4.96. The molecule has 0 aromatic carbocycles. The lowest BCUT2D eigenvalue weighted by molar-refractivity contribution is 0.691. The zero-order chi connectivity index (χ0) is 13.3. The van der Waals surface area contributed by atoms with Crippen molar-refractivity contribution >= 4 is 40.7 Å². The lowest BCUT2D eigenvalue weighted by atomic mass is 10.2. The number of thioether (sulfide) groups is 1. The number of aromatic nitrogens is 4. The Kier molecular flexibility index (Phi) is 3.93. The van der Waals surface area contributed by atoms with Gasteiger partial charge in [0.25, 0.3) is 0 Å². The summed E-state index contributed by atoms with van der Waals surface area (Å²) < 4.78 is 3.46. The summed E-state index contributed by atoms with van der Waals surface area (Å²) in [5.41, 5.74) is 7.02. The highest BCUT2D eigenvalue weighted by Gasteiger charge is 2.18. The molecule has 0 saturated heterocycles. The van der Waals surface area contributed by atoms with Gasteiger partial charge >= 0.3 is 0 Å². The number of rotatable bonds is 4. The molecule has 3 N–H and O–H groups in total. The van der Waals surface area contributed by atoms with Crippen molar-refractivity contribution in [2.75, 3.05) is 6.26 Å². The Morgan fingerprint density at radius 2 is 2.06 bits per heavy atom. The van der Waals surface area contributed by atoms with Crippen molar-refractivity contribution in [2.24, 2.45) is 12.8 Å². The Morgan fingerprint density at radius 3 is 2.61 bits per heavy atom. The van der Waals surface area contributed by atoms with Gasteiger partial charge in [0.15, 0.2) is 8.68 Å². The van der Waals surface area contributed by atoms with Gasteiger partial charge in [-0.05, 0) is 24.9 Å². The molecule has 2 rings (SSSR count). The number of nitrogens with two attached hydrogens (primary N) is 1. The third kappa shape index (κ3) is 2.52. The summed E-state index contributed by atoms with van der Waals surface area (Å²) >= 11 is 4.52. The first kappa shape index (κ1) is 13.4. The van der Waals surface area contributed by atoms with Crippen molar-refractivity contribution < 1.29 is 0 Å². The zero-order valence-electron chi connectivity index (χ0n) is 10.1. The second kappa shape index (κ2) is 5.29. The van der Waals surface area contributed by atoms with E-state index in [0.717, 1.165) is 19.4 Å². The van der Waals surface area contributed by atoms with Crippen LogP contribution in [0.2, 0.25) is 0 Å². The molecule has 0 fully saturated rings. The summed E-state index contributed by atoms with van der Waals surface area (Å²) in [5.74, 6) is 0.0257. The molecule has 2 aromatic heterocycles. The second-order valence-corrected chi connectivity index (χ2v) is 6.71. The highest BCUT2D eigenvalue weighted by atomic mass is 32.2. The van der Waals surface area contributed by atoms with Gasteiger partial charge in [0.1, 0.15) is 10.9 Å². The van der Waals surface area contributed by atoms with Crippen LogP contribution in [0.3, 0.4) is 0 Å². The van der Waals surface area contributed by atoms with Gasteiger partial charge in [-0.3, -0.25) is 10.1 Å². The third-order valence-corrected chi connectivity index (χ3v) is 5.30. The molecule has 2 heterocycles. The molecule has 0 saturated carbocycles. The monoisotopic (exact) mass is 300 g/mol. The summed E-state index contributed by atoms with van der Waals surface area (Å²) in [6, 6.07) is 0. The van der Waals surface area contributed by atoms with E-state index in [9.17, 15) is 0 Å². The minimum absolute atomic E-state index is 0.0257. The topological polar surface area (TPSA) is 93.5 Å². The molecule has 0 radical (unpaired) electrons. The molecule has 2 aromatic rings. The van der Waals surface area contributed by atoms with Gasteiger partial charge in [-0.1, -0.05) is 23.1 Å². The Labute approximate surface area is 117 Å². The molecule has 0 aliphatic carbocycles. The maximum Gasteiger partial charge on any atom is 0.181 e. The molecule has 18 heavy (non-hydrogen) atoms. The van der Waals surface area contributed by atoms with Gasteiger partial charge in [0, 0.05) is 7.05 Å². The molecule has 0 amide bonds. The van der Waals surface area contributed by atoms with Gasteiger partial charge in [-0.2, -0.15) is 5.10 Å². The van der Waals surface area contributed by atoms with Crippen LogP contribution in [0.1, 0.15) is 11.3 Å². The minimum atomic E-state index is 0.0257. The molecule has 0 unspecified atom stereocenters. The fraction of sp³-hybridized carbons (Fsp3) is 0.333. The number of nitrogens with zero attached hydrogens (tertiary/aromatic N) is 4. The molecule has 0 aliphatic rings. The van der Waals surface area contributed by atoms with Crippen LogP contribution in [0.25, 0.3) is 0 Å². The number of amidine groups is 1. The minimum Gasteiger partial charge on any atom is -0.384 e. The molecule has 0 bridgehead atoms. The fourth-order valence-electron chi connectivity index (χ4n) is 1.47. The van der Waals surface area contributed by atoms with Crippen LogP contribution >= 0.6 is 34.9 Å². The van der Waals surface area contributed by atoms with E-state index in [-0.39, 0.29) is 5.84 Å². The van der Waals surface area contributed by atoms with E-state index in [1.807, 2.05) is 20.2 Å². The molecule has 0 atom stereocenters. The van der Waals surface area contributed by atoms with E-state index < -0.39 is 0 Å². The largest absolute Gasteiger partial charge is 0.384 e. The number of hydrogen-bond acceptors (Lipinski definition) is 7. The van der Waals surface area contributed by atoms with E-state index >= 15 is 0 Å². The van der Waals surface area contributed by atoms with Gasteiger partial charge < -0.3 is 5.73 Å². The number of hydrogen-bond donors (Lipinski definition) is 2. The van der Waals surface area contributed by atoms with E-state index in [1.54, 1.807) is 16.4 Å². The van der Waals surface area contributed by atoms with Crippen LogP contribution in [0.4, 0.5) is 0 Å². The van der Waals surface area contributed by atoms with Gasteiger partial charge in [-0.25, -0.2) is 0 Å². The average Bonchev–Trinajstić information content (AvgIpc) is 2.85. The number of nitrogens with one attached hydrogen (secondary N) is 1. The van der Waals surface area contributed by atoms with Crippen LogP contribution in [-0.2, 0) is 7.05 Å². The van der Waals surface area contributed by atoms with Crippen molar-refractivity contribution in [2.45, 2.75) is 20.6 Å². The van der Waals surface area contributed by atoms with Crippen LogP contribution in [0.5, 0.6) is 0 Å². The van der Waals surface area contributed by atoms with Crippen LogP contribution in [0, 0.1) is 12.3 Å². The summed E-state index contributed by atoms with van der Waals surface area (Å²) in [7, 11) is 1.83. The summed E-state index contributed by atoms with van der Waals surface area (Å²) in [6.07, 6.45) is 1.96. The Balaban J connectivity index is 2.36. The van der Waals surface area contributed by atoms with Crippen molar-refractivity contribution in [1.29, 1.82) is 5.41 Å². The Morgan fingerprint density at radius 1 is 1.39 bits per heavy atom. The molecule has 0 aliphatic heterocycles. The lowest BCUT2D eigenvalue weighted by Crippen LogP contribution is -2.13. The maximum atomic E-state index is 7.61.